The molecule has 1 fully saturated rings. The number of nitrogens with zero attached hydrogens (tertiary/aromatic N) is 1. The Balaban J connectivity index is 2.26. The van der Waals surface area contributed by atoms with Crippen LogP contribution < -0.4 is 10.6 Å². The van der Waals surface area contributed by atoms with Gasteiger partial charge in [-0.05, 0) is 30.7 Å². The van der Waals surface area contributed by atoms with Crippen molar-refractivity contribution in [3.8, 4) is 0 Å². The maximum Gasteiger partial charge on any atom is 0.123 e. The van der Waals surface area contributed by atoms with Gasteiger partial charge >= 0.3 is 0 Å². The Hall–Kier alpha value is -1.17. The monoisotopic (exact) mass is 254 g/mol. The second kappa shape index (κ2) is 5.65. The van der Waals surface area contributed by atoms with E-state index in [-0.39, 0.29) is 24.6 Å². The van der Waals surface area contributed by atoms with Gasteiger partial charge in [0.2, 0.25) is 0 Å². The zero-order valence-corrected chi connectivity index (χ0v) is 10.5. The van der Waals surface area contributed by atoms with Crippen LogP contribution >= 0.6 is 0 Å². The molecule has 18 heavy (non-hydrogen) atoms. The molecule has 0 aliphatic carbocycles. The molecule has 0 radical (unpaired) electrons. The smallest absolute Gasteiger partial charge is 0.123 e. The number of rotatable bonds is 3. The van der Waals surface area contributed by atoms with Gasteiger partial charge in [-0.25, -0.2) is 4.39 Å². The highest BCUT2D eigenvalue weighted by molar-refractivity contribution is 5.55. The van der Waals surface area contributed by atoms with E-state index in [1.54, 1.807) is 6.07 Å². The Morgan fingerprint density at radius 3 is 3.06 bits per heavy atom. The summed E-state index contributed by atoms with van der Waals surface area (Å²) in [5.41, 5.74) is 7.59. The minimum atomic E-state index is -0.280. The van der Waals surface area contributed by atoms with Crippen molar-refractivity contribution in [2.45, 2.75) is 19.1 Å². The highest BCUT2D eigenvalue weighted by Crippen LogP contribution is 2.27. The van der Waals surface area contributed by atoms with Gasteiger partial charge in [0.15, 0.2) is 0 Å². The third-order valence-electron chi connectivity index (χ3n) is 3.16. The summed E-state index contributed by atoms with van der Waals surface area (Å²) in [6.45, 7) is 3.71. The van der Waals surface area contributed by atoms with Gasteiger partial charge in [0.1, 0.15) is 5.82 Å². The summed E-state index contributed by atoms with van der Waals surface area (Å²) in [6, 6.07) is 4.42. The molecular formula is C13H19FN2O2. The van der Waals surface area contributed by atoms with Gasteiger partial charge in [-0.15, -0.1) is 0 Å². The summed E-state index contributed by atoms with van der Waals surface area (Å²) >= 11 is 0. The van der Waals surface area contributed by atoms with Crippen molar-refractivity contribution < 1.29 is 14.2 Å². The zero-order valence-electron chi connectivity index (χ0n) is 10.5. The van der Waals surface area contributed by atoms with Crippen LogP contribution in [0.4, 0.5) is 10.1 Å². The molecule has 1 aliphatic rings. The largest absolute Gasteiger partial charge is 0.394 e. The summed E-state index contributed by atoms with van der Waals surface area (Å²) in [5, 5.41) is 9.14. The van der Waals surface area contributed by atoms with Gasteiger partial charge in [-0.1, -0.05) is 0 Å². The maximum absolute atomic E-state index is 13.3. The van der Waals surface area contributed by atoms with E-state index in [0.717, 1.165) is 17.8 Å². The second-order valence-electron chi connectivity index (χ2n) is 4.61. The molecule has 3 N–H and O–H groups in total. The molecule has 2 rings (SSSR count). The van der Waals surface area contributed by atoms with Crippen LogP contribution in [0.3, 0.4) is 0 Å². The molecule has 0 aromatic heterocycles. The number of aliphatic hydroxyl groups is 1. The number of anilines is 1. The zero-order chi connectivity index (χ0) is 13.1. The first-order valence-corrected chi connectivity index (χ1v) is 6.14. The number of ether oxygens (including phenoxy) is 1. The second-order valence-corrected chi connectivity index (χ2v) is 4.61. The Kier molecular flexibility index (Phi) is 4.16. The fourth-order valence-corrected chi connectivity index (χ4v) is 2.23. The predicted octanol–water partition coefficient (Wildman–Crippen LogP) is 1.04. The van der Waals surface area contributed by atoms with E-state index < -0.39 is 0 Å². The maximum atomic E-state index is 13.3. The van der Waals surface area contributed by atoms with E-state index >= 15 is 0 Å². The molecule has 0 amide bonds. The third-order valence-corrected chi connectivity index (χ3v) is 3.16. The Morgan fingerprint density at radius 1 is 1.61 bits per heavy atom. The topological polar surface area (TPSA) is 58.7 Å². The number of hydrogen-bond acceptors (Lipinski definition) is 4. The highest BCUT2D eigenvalue weighted by Gasteiger charge is 2.22. The molecule has 1 heterocycles. The molecule has 1 saturated heterocycles. The van der Waals surface area contributed by atoms with E-state index in [1.807, 2.05) is 6.92 Å². The average Bonchev–Trinajstić information content (AvgIpc) is 2.38. The van der Waals surface area contributed by atoms with Crippen LogP contribution in [0.2, 0.25) is 0 Å². The molecule has 100 valence electrons. The first-order valence-electron chi connectivity index (χ1n) is 6.14. The molecule has 0 spiro atoms. The molecule has 2 atom stereocenters. The summed E-state index contributed by atoms with van der Waals surface area (Å²) in [5.74, 6) is -0.280. The normalized spacial score (nSPS) is 22.0. The minimum Gasteiger partial charge on any atom is -0.394 e. The van der Waals surface area contributed by atoms with E-state index in [9.17, 15) is 4.39 Å². The summed E-state index contributed by atoms with van der Waals surface area (Å²) in [7, 11) is 0. The van der Waals surface area contributed by atoms with Crippen molar-refractivity contribution >= 4 is 5.69 Å². The summed E-state index contributed by atoms with van der Waals surface area (Å²) in [4.78, 5) is 2.09. The molecular weight excluding hydrogens is 235 g/mol. The van der Waals surface area contributed by atoms with Crippen LogP contribution in [0.5, 0.6) is 0 Å². The quantitative estimate of drug-likeness (QED) is 0.846. The fourth-order valence-electron chi connectivity index (χ4n) is 2.23. The highest BCUT2D eigenvalue weighted by atomic mass is 19.1. The lowest BCUT2D eigenvalue weighted by Crippen LogP contribution is -2.44. The van der Waals surface area contributed by atoms with Crippen molar-refractivity contribution in [1.29, 1.82) is 0 Å². The van der Waals surface area contributed by atoms with Crippen LogP contribution in [0.1, 0.15) is 18.5 Å². The van der Waals surface area contributed by atoms with Gasteiger partial charge in [-0.2, -0.15) is 0 Å². The SMILES string of the molecule is C[C@@H](N)c1cc(F)ccc1N1CCOC(CO)C1. The van der Waals surface area contributed by atoms with Crippen molar-refractivity contribution in [3.05, 3.63) is 29.6 Å². The molecule has 0 bridgehead atoms. The lowest BCUT2D eigenvalue weighted by atomic mass is 10.0. The van der Waals surface area contributed by atoms with Crippen molar-refractivity contribution in [2.24, 2.45) is 5.73 Å². The predicted molar refractivity (Wildman–Crippen MR) is 68.0 cm³/mol. The molecule has 4 nitrogen and oxygen atoms in total. The van der Waals surface area contributed by atoms with Crippen LogP contribution in [-0.4, -0.2) is 37.5 Å². The van der Waals surface area contributed by atoms with Crippen molar-refractivity contribution in [3.63, 3.8) is 0 Å². The fraction of sp³-hybridized carbons (Fsp3) is 0.538. The number of morpholine rings is 1. The number of aliphatic hydroxyl groups excluding tert-OH is 1. The average molecular weight is 254 g/mol. The molecule has 1 aromatic carbocycles. The number of hydrogen-bond donors (Lipinski definition) is 2. The van der Waals surface area contributed by atoms with Crippen molar-refractivity contribution in [1.82, 2.24) is 0 Å². The van der Waals surface area contributed by atoms with Gasteiger partial charge in [-0.3, -0.25) is 0 Å². The van der Waals surface area contributed by atoms with Gasteiger partial charge < -0.3 is 20.5 Å². The Bertz CT molecular complexity index is 412. The van der Waals surface area contributed by atoms with E-state index in [4.69, 9.17) is 15.6 Å². The van der Waals surface area contributed by atoms with Crippen LogP contribution in [0, 0.1) is 5.82 Å². The van der Waals surface area contributed by atoms with Crippen LogP contribution in [0.15, 0.2) is 18.2 Å². The van der Waals surface area contributed by atoms with Gasteiger partial charge in [0.25, 0.3) is 0 Å². The van der Waals surface area contributed by atoms with Crippen LogP contribution in [0.25, 0.3) is 0 Å². The number of benzene rings is 1. The standard InChI is InChI=1S/C13H19FN2O2/c1-9(15)12-6-10(14)2-3-13(12)16-4-5-18-11(7-16)8-17/h2-3,6,9,11,17H,4-5,7-8,15H2,1H3/t9-,11?/m1/s1. The molecule has 1 unspecified atom stereocenters. The van der Waals surface area contributed by atoms with E-state index in [0.29, 0.717) is 13.2 Å². The van der Waals surface area contributed by atoms with Crippen LogP contribution in [-0.2, 0) is 4.74 Å². The van der Waals surface area contributed by atoms with Gasteiger partial charge in [0, 0.05) is 24.8 Å². The van der Waals surface area contributed by atoms with E-state index in [1.165, 1.54) is 12.1 Å². The summed E-state index contributed by atoms with van der Waals surface area (Å²) < 4.78 is 18.7. The number of halogens is 1. The molecule has 0 saturated carbocycles. The molecule has 1 aromatic rings. The molecule has 5 heteroatoms. The minimum absolute atomic E-state index is 0.00872. The van der Waals surface area contributed by atoms with E-state index in [2.05, 4.69) is 4.90 Å². The molecule has 1 aliphatic heterocycles. The lowest BCUT2D eigenvalue weighted by molar-refractivity contribution is 0.00351. The first kappa shape index (κ1) is 13.3. The van der Waals surface area contributed by atoms with Crippen molar-refractivity contribution in [2.75, 3.05) is 31.2 Å². The summed E-state index contributed by atoms with van der Waals surface area (Å²) in [6.07, 6.45) is -0.190. The third kappa shape index (κ3) is 2.80. The number of nitrogens with two attached hydrogens (primary N) is 1. The Labute approximate surface area is 106 Å². The lowest BCUT2D eigenvalue weighted by Gasteiger charge is -2.35. The Morgan fingerprint density at radius 2 is 2.39 bits per heavy atom. The van der Waals surface area contributed by atoms with Gasteiger partial charge in [0.05, 0.1) is 19.3 Å². The first-order chi connectivity index (χ1) is 8.61.